The standard InChI is InChI=1S/C21H29FN2O3S/c22-20-8-6-18(7-9-20)16-28(26,27)24-14-11-19(12-15-24)21(25)23-13-10-17-4-2-1-3-5-17/h4,6-9,19H,1-3,5,10-16H2,(H,23,25). The van der Waals surface area contributed by atoms with Gasteiger partial charge in [0.25, 0.3) is 0 Å². The summed E-state index contributed by atoms with van der Waals surface area (Å²) < 4.78 is 39.6. The van der Waals surface area contributed by atoms with Crippen LogP contribution < -0.4 is 5.32 Å². The van der Waals surface area contributed by atoms with Crippen LogP contribution in [0.1, 0.15) is 50.5 Å². The molecule has 1 aromatic carbocycles. The second-order valence-corrected chi connectivity index (χ2v) is 9.67. The average molecular weight is 409 g/mol. The van der Waals surface area contributed by atoms with Crippen molar-refractivity contribution >= 4 is 15.9 Å². The molecule has 7 heteroatoms. The van der Waals surface area contributed by atoms with Crippen LogP contribution in [-0.4, -0.2) is 38.3 Å². The molecule has 1 saturated heterocycles. The van der Waals surface area contributed by atoms with Crippen LogP contribution in [0, 0.1) is 11.7 Å². The topological polar surface area (TPSA) is 66.5 Å². The van der Waals surface area contributed by atoms with Gasteiger partial charge in [-0.25, -0.2) is 17.1 Å². The molecule has 5 nitrogen and oxygen atoms in total. The average Bonchev–Trinajstić information content (AvgIpc) is 2.70. The Hall–Kier alpha value is -1.73. The van der Waals surface area contributed by atoms with Gasteiger partial charge in [-0.2, -0.15) is 0 Å². The summed E-state index contributed by atoms with van der Waals surface area (Å²) in [7, 11) is -3.46. The molecule has 1 aliphatic heterocycles. The molecule has 1 fully saturated rings. The normalized spacial score (nSPS) is 19.2. The Morgan fingerprint density at radius 2 is 1.86 bits per heavy atom. The number of allylic oxidation sites excluding steroid dienone is 1. The van der Waals surface area contributed by atoms with E-state index in [2.05, 4.69) is 11.4 Å². The fourth-order valence-corrected chi connectivity index (χ4v) is 5.46. The van der Waals surface area contributed by atoms with Crippen LogP contribution in [0.5, 0.6) is 0 Å². The number of rotatable bonds is 7. The lowest BCUT2D eigenvalue weighted by atomic mass is 9.96. The van der Waals surface area contributed by atoms with E-state index in [1.54, 1.807) is 0 Å². The summed E-state index contributed by atoms with van der Waals surface area (Å²) in [6.07, 6.45) is 9.07. The minimum absolute atomic E-state index is 0.0343. The number of carbonyl (C=O) groups excluding carboxylic acids is 1. The third-order valence-corrected chi connectivity index (χ3v) is 7.46. The van der Waals surface area contributed by atoms with Gasteiger partial charge >= 0.3 is 0 Å². The minimum Gasteiger partial charge on any atom is -0.356 e. The minimum atomic E-state index is -3.46. The Balaban J connectivity index is 1.43. The van der Waals surface area contributed by atoms with Gasteiger partial charge < -0.3 is 5.32 Å². The van der Waals surface area contributed by atoms with Gasteiger partial charge in [0.1, 0.15) is 5.82 Å². The molecule has 3 rings (SSSR count). The van der Waals surface area contributed by atoms with Crippen molar-refractivity contribution in [2.45, 2.75) is 50.7 Å². The number of benzene rings is 1. The highest BCUT2D eigenvalue weighted by Crippen LogP contribution is 2.23. The number of sulfonamides is 1. The molecule has 1 aliphatic carbocycles. The van der Waals surface area contributed by atoms with Gasteiger partial charge in [-0.3, -0.25) is 4.79 Å². The third-order valence-electron chi connectivity index (χ3n) is 5.61. The van der Waals surface area contributed by atoms with Crippen molar-refractivity contribution in [3.05, 3.63) is 47.3 Å². The number of nitrogens with zero attached hydrogens (tertiary/aromatic N) is 1. The summed E-state index contributed by atoms with van der Waals surface area (Å²) in [5.41, 5.74) is 2.01. The molecule has 0 saturated carbocycles. The van der Waals surface area contributed by atoms with Crippen LogP contribution in [0.15, 0.2) is 35.9 Å². The molecule has 1 amide bonds. The number of piperidine rings is 1. The first-order valence-electron chi connectivity index (χ1n) is 10.1. The van der Waals surface area contributed by atoms with Crippen molar-refractivity contribution in [3.8, 4) is 0 Å². The summed E-state index contributed by atoms with van der Waals surface area (Å²) in [6.45, 7) is 1.37. The van der Waals surface area contributed by atoms with E-state index < -0.39 is 10.0 Å². The Morgan fingerprint density at radius 1 is 1.14 bits per heavy atom. The van der Waals surface area contributed by atoms with E-state index >= 15 is 0 Å². The van der Waals surface area contributed by atoms with Crippen molar-refractivity contribution in [1.82, 2.24) is 9.62 Å². The number of carbonyl (C=O) groups is 1. The molecule has 0 atom stereocenters. The van der Waals surface area contributed by atoms with Gasteiger partial charge in [-0.1, -0.05) is 23.8 Å². The van der Waals surface area contributed by atoms with Gasteiger partial charge in [0.2, 0.25) is 15.9 Å². The molecule has 1 N–H and O–H groups in total. The summed E-state index contributed by atoms with van der Waals surface area (Å²) in [5, 5.41) is 3.02. The fourth-order valence-electron chi connectivity index (χ4n) is 3.90. The van der Waals surface area contributed by atoms with E-state index in [4.69, 9.17) is 0 Å². The van der Waals surface area contributed by atoms with Crippen molar-refractivity contribution in [2.24, 2.45) is 5.92 Å². The van der Waals surface area contributed by atoms with E-state index in [1.165, 1.54) is 47.0 Å². The fraction of sp³-hybridized carbons (Fsp3) is 0.571. The molecular weight excluding hydrogens is 379 g/mol. The van der Waals surface area contributed by atoms with E-state index in [0.717, 1.165) is 19.3 Å². The van der Waals surface area contributed by atoms with Gasteiger partial charge in [0, 0.05) is 25.6 Å². The molecule has 1 aromatic rings. The van der Waals surface area contributed by atoms with Crippen molar-refractivity contribution in [2.75, 3.05) is 19.6 Å². The number of nitrogens with one attached hydrogen (secondary N) is 1. The molecule has 28 heavy (non-hydrogen) atoms. The predicted molar refractivity (Wildman–Crippen MR) is 107 cm³/mol. The van der Waals surface area contributed by atoms with Crippen LogP contribution in [0.25, 0.3) is 0 Å². The van der Waals surface area contributed by atoms with Gasteiger partial charge in [-0.05, 0) is 62.6 Å². The number of hydrogen-bond donors (Lipinski definition) is 1. The van der Waals surface area contributed by atoms with Gasteiger partial charge in [0.05, 0.1) is 5.75 Å². The zero-order chi connectivity index (χ0) is 20.0. The highest BCUT2D eigenvalue weighted by Gasteiger charge is 2.31. The molecular formula is C21H29FN2O3S. The Kier molecular flexibility index (Phi) is 7.24. The maximum absolute atomic E-state index is 13.0. The number of halogens is 1. The highest BCUT2D eigenvalue weighted by molar-refractivity contribution is 7.88. The lowest BCUT2D eigenvalue weighted by Gasteiger charge is -2.30. The maximum atomic E-state index is 13.0. The molecule has 0 unspecified atom stereocenters. The maximum Gasteiger partial charge on any atom is 0.223 e. The van der Waals surface area contributed by atoms with Crippen molar-refractivity contribution in [1.29, 1.82) is 0 Å². The zero-order valence-corrected chi connectivity index (χ0v) is 17.0. The third kappa shape index (κ3) is 5.88. The molecule has 0 aromatic heterocycles. The van der Waals surface area contributed by atoms with E-state index in [1.807, 2.05) is 0 Å². The zero-order valence-electron chi connectivity index (χ0n) is 16.2. The van der Waals surface area contributed by atoms with Crippen LogP contribution in [0.2, 0.25) is 0 Å². The summed E-state index contributed by atoms with van der Waals surface area (Å²) in [5.74, 6) is -0.614. The Labute approximate surface area is 167 Å². The predicted octanol–water partition coefficient (Wildman–Crippen LogP) is 3.37. The van der Waals surface area contributed by atoms with Gasteiger partial charge in [-0.15, -0.1) is 0 Å². The number of amides is 1. The van der Waals surface area contributed by atoms with Crippen molar-refractivity contribution in [3.63, 3.8) is 0 Å². The van der Waals surface area contributed by atoms with E-state index in [9.17, 15) is 17.6 Å². The SMILES string of the molecule is O=C(NCCC1=CCCCC1)C1CCN(S(=O)(=O)Cc2ccc(F)cc2)CC1. The number of hydrogen-bond acceptors (Lipinski definition) is 3. The largest absolute Gasteiger partial charge is 0.356 e. The summed E-state index contributed by atoms with van der Waals surface area (Å²) in [6, 6.07) is 5.53. The first-order valence-corrected chi connectivity index (χ1v) is 11.7. The molecule has 1 heterocycles. The van der Waals surface area contributed by atoms with Crippen LogP contribution in [0.3, 0.4) is 0 Å². The molecule has 154 valence electrons. The first kappa shape index (κ1) is 21.0. The Bertz CT molecular complexity index is 797. The lowest BCUT2D eigenvalue weighted by Crippen LogP contribution is -2.43. The van der Waals surface area contributed by atoms with Crippen LogP contribution in [0.4, 0.5) is 4.39 Å². The molecule has 2 aliphatic rings. The van der Waals surface area contributed by atoms with Gasteiger partial charge in [0.15, 0.2) is 0 Å². The monoisotopic (exact) mass is 408 g/mol. The quantitative estimate of drug-likeness (QED) is 0.704. The molecule has 0 bridgehead atoms. The summed E-state index contributed by atoms with van der Waals surface area (Å²) >= 11 is 0. The molecule has 0 spiro atoms. The van der Waals surface area contributed by atoms with E-state index in [0.29, 0.717) is 38.0 Å². The second-order valence-electron chi connectivity index (χ2n) is 7.71. The van der Waals surface area contributed by atoms with E-state index in [-0.39, 0.29) is 23.4 Å². The smallest absolute Gasteiger partial charge is 0.223 e. The second kappa shape index (κ2) is 9.65. The summed E-state index contributed by atoms with van der Waals surface area (Å²) in [4.78, 5) is 12.4. The van der Waals surface area contributed by atoms with Crippen molar-refractivity contribution < 1.29 is 17.6 Å². The Morgan fingerprint density at radius 3 is 2.50 bits per heavy atom. The first-order chi connectivity index (χ1) is 13.4. The highest BCUT2D eigenvalue weighted by atomic mass is 32.2. The van der Waals surface area contributed by atoms with Crippen LogP contribution >= 0.6 is 0 Å². The molecule has 0 radical (unpaired) electrons. The lowest BCUT2D eigenvalue weighted by molar-refractivity contribution is -0.126. The van der Waals surface area contributed by atoms with Crippen LogP contribution in [-0.2, 0) is 20.6 Å².